The average molecular weight is 1230 g/mol. The molecule has 0 spiro atoms. The predicted octanol–water partition coefficient (Wildman–Crippen LogP) is 5.72. The van der Waals surface area contributed by atoms with Crippen LogP contribution in [0.1, 0.15) is 165 Å². The van der Waals surface area contributed by atoms with Gasteiger partial charge in [0.05, 0.1) is 77.2 Å². The number of rotatable bonds is 25. The number of aliphatic hydroxyl groups is 4. The van der Waals surface area contributed by atoms with E-state index in [1.165, 1.54) is 6.92 Å². The highest BCUT2D eigenvalue weighted by Gasteiger charge is 2.44. The number of aliphatic hydroxyl groups excluding tert-OH is 4. The minimum atomic E-state index is -1.39. The first kappa shape index (κ1) is 78.2. The summed E-state index contributed by atoms with van der Waals surface area (Å²) in [6.45, 7) is 25.7. The Morgan fingerprint density at radius 1 is 0.655 bits per heavy atom. The van der Waals surface area contributed by atoms with Gasteiger partial charge in [-0.25, -0.2) is 53.7 Å². The number of carboxylic acid groups (broad SMARTS) is 1. The topological polar surface area (TPSA) is 414 Å². The van der Waals surface area contributed by atoms with Crippen molar-refractivity contribution in [2.75, 3.05) is 71.2 Å². The van der Waals surface area contributed by atoms with Crippen LogP contribution >= 0.6 is 0 Å². The third-order valence-electron chi connectivity index (χ3n) is 15.2. The third kappa shape index (κ3) is 30.6. The Balaban J connectivity index is 0.000000715. The number of hydrogen-bond donors (Lipinski definition) is 9. The van der Waals surface area contributed by atoms with Crippen molar-refractivity contribution < 1.29 is 82.9 Å². The minimum absolute atomic E-state index is 0.00750. The van der Waals surface area contributed by atoms with Crippen LogP contribution in [0.25, 0.3) is 0 Å². The second kappa shape index (κ2) is 36.5. The molecule has 0 bridgehead atoms. The molecule has 0 aliphatic heterocycles. The molecular weight excluding hydrogens is 1130 g/mol. The molecule has 3 aliphatic carbocycles. The SMILES string of the molecule is CC(CO)(CO)C(=O)O.CC(CO)COC(=O)CCC(=O)OCC(C)CO.CC1(C)CC(N=C=O)CC(C)(CN=C=O)C1.Cc1nc(NC(=O)NC2CC(C)(C)CC(C)(CN=C=O)C2)[nH]c(=O)c1CCOC(=O)NC1CC(C)(C)CC(C)(CN=C=O)C1. The molecule has 0 radical (unpaired) electrons. The fourth-order valence-electron chi connectivity index (χ4n) is 12.1. The lowest BCUT2D eigenvalue weighted by Crippen LogP contribution is -2.49. The molecule has 27 nitrogen and oxygen atoms in total. The molecule has 1 heterocycles. The number of anilines is 1. The molecule has 8 atom stereocenters. The molecule has 4 rings (SSSR count). The normalized spacial score (nSPS) is 23.7. The first-order chi connectivity index (χ1) is 40.4. The molecule has 1 aromatic rings. The van der Waals surface area contributed by atoms with Crippen molar-refractivity contribution in [3.63, 3.8) is 0 Å². The Bertz CT molecular complexity index is 2650. The van der Waals surface area contributed by atoms with Gasteiger partial charge in [0, 0.05) is 49.1 Å². The number of aliphatic imine (C=N–C) groups is 4. The van der Waals surface area contributed by atoms with Gasteiger partial charge < -0.3 is 50.4 Å². The number of carbonyl (C=O) groups excluding carboxylic acids is 8. The van der Waals surface area contributed by atoms with Gasteiger partial charge in [0.25, 0.3) is 5.56 Å². The Morgan fingerprint density at radius 2 is 1.08 bits per heavy atom. The number of nitrogens with zero attached hydrogens (tertiary/aromatic N) is 5. The predicted molar refractivity (Wildman–Crippen MR) is 319 cm³/mol. The van der Waals surface area contributed by atoms with E-state index in [-0.39, 0.29) is 121 Å². The Morgan fingerprint density at radius 3 is 1.46 bits per heavy atom. The van der Waals surface area contributed by atoms with Crippen molar-refractivity contribution in [3.05, 3.63) is 21.6 Å². The molecule has 3 amide bonds. The summed E-state index contributed by atoms with van der Waals surface area (Å²) in [6.07, 6.45) is 13.2. The van der Waals surface area contributed by atoms with Crippen LogP contribution in [0.2, 0.25) is 0 Å². The van der Waals surface area contributed by atoms with E-state index in [0.29, 0.717) is 43.7 Å². The Hall–Kier alpha value is -6.81. The average Bonchev–Trinajstić information content (AvgIpc) is 2.70. The molecule has 8 unspecified atom stereocenters. The number of aromatic amines is 1. The van der Waals surface area contributed by atoms with Gasteiger partial charge in [0.2, 0.25) is 30.3 Å². The number of aryl methyl sites for hydroxylation is 1. The third-order valence-corrected chi connectivity index (χ3v) is 15.2. The van der Waals surface area contributed by atoms with Crippen molar-refractivity contribution in [1.29, 1.82) is 0 Å². The minimum Gasteiger partial charge on any atom is -0.481 e. The van der Waals surface area contributed by atoms with Gasteiger partial charge in [-0.15, -0.1) is 0 Å². The molecule has 27 heteroatoms. The molecule has 3 saturated carbocycles. The van der Waals surface area contributed by atoms with Crippen molar-refractivity contribution in [1.82, 2.24) is 20.6 Å². The summed E-state index contributed by atoms with van der Waals surface area (Å²) < 4.78 is 15.1. The largest absolute Gasteiger partial charge is 0.481 e. The zero-order valence-corrected chi connectivity index (χ0v) is 53.2. The lowest BCUT2D eigenvalue weighted by molar-refractivity contribution is -0.153. The zero-order valence-electron chi connectivity index (χ0n) is 53.2. The van der Waals surface area contributed by atoms with Gasteiger partial charge in [-0.05, 0) is 104 Å². The fourth-order valence-corrected chi connectivity index (χ4v) is 12.1. The van der Waals surface area contributed by atoms with Crippen LogP contribution in [0, 0.1) is 56.7 Å². The molecule has 87 heavy (non-hydrogen) atoms. The van der Waals surface area contributed by atoms with Crippen LogP contribution in [0.15, 0.2) is 24.8 Å². The quantitative estimate of drug-likeness (QED) is 0.0244. The number of aliphatic carboxylic acids is 1. The summed E-state index contributed by atoms with van der Waals surface area (Å²) in [5.41, 5.74) is -1.61. The van der Waals surface area contributed by atoms with Gasteiger partial charge in [0.15, 0.2) is 0 Å². The Labute approximate surface area is 509 Å². The van der Waals surface area contributed by atoms with E-state index < -0.39 is 54.2 Å². The maximum absolute atomic E-state index is 12.8. The highest BCUT2D eigenvalue weighted by Crippen LogP contribution is 2.49. The number of alkyl carbamates (subject to hydrolysis) is 1. The smallest absolute Gasteiger partial charge is 0.407 e. The van der Waals surface area contributed by atoms with Crippen LogP contribution in [0.5, 0.6) is 0 Å². The number of ether oxygens (including phenoxy) is 3. The first-order valence-corrected chi connectivity index (χ1v) is 29.2. The van der Waals surface area contributed by atoms with Crippen molar-refractivity contribution in [3.8, 4) is 0 Å². The number of carboxylic acids is 1. The van der Waals surface area contributed by atoms with Crippen LogP contribution in [0.4, 0.5) is 15.5 Å². The lowest BCUT2D eigenvalue weighted by atomic mass is 9.62. The fraction of sp³-hybridized carbons (Fsp3) is 0.783. The zero-order chi connectivity index (χ0) is 66.5. The number of nitrogens with one attached hydrogen (secondary N) is 4. The maximum atomic E-state index is 12.8. The van der Waals surface area contributed by atoms with Crippen LogP contribution < -0.4 is 21.5 Å². The van der Waals surface area contributed by atoms with E-state index in [4.69, 9.17) is 39.7 Å². The summed E-state index contributed by atoms with van der Waals surface area (Å²) in [7, 11) is 0. The number of urea groups is 1. The van der Waals surface area contributed by atoms with Crippen molar-refractivity contribution in [2.45, 2.75) is 185 Å². The maximum Gasteiger partial charge on any atom is 0.407 e. The van der Waals surface area contributed by atoms with Gasteiger partial charge in [-0.3, -0.25) is 29.5 Å². The summed E-state index contributed by atoms with van der Waals surface area (Å²) in [4.78, 5) is 135. The molecule has 490 valence electrons. The number of amides is 3. The van der Waals surface area contributed by atoms with E-state index in [2.05, 4.69) is 108 Å². The summed E-state index contributed by atoms with van der Waals surface area (Å²) in [6, 6.07) is -0.781. The molecule has 9 N–H and O–H groups in total. The molecule has 0 saturated heterocycles. The van der Waals surface area contributed by atoms with E-state index in [1.54, 1.807) is 45.1 Å². The highest BCUT2D eigenvalue weighted by atomic mass is 16.6. The van der Waals surface area contributed by atoms with E-state index in [0.717, 1.165) is 44.9 Å². The lowest BCUT2D eigenvalue weighted by Gasteiger charge is -2.46. The van der Waals surface area contributed by atoms with Crippen LogP contribution in [-0.4, -0.2) is 174 Å². The highest BCUT2D eigenvalue weighted by molar-refractivity contribution is 5.87. The number of isocyanates is 4. The summed E-state index contributed by atoms with van der Waals surface area (Å²) in [5, 5.41) is 51.1. The van der Waals surface area contributed by atoms with Crippen molar-refractivity contribution >= 4 is 60.3 Å². The van der Waals surface area contributed by atoms with Gasteiger partial charge in [-0.1, -0.05) is 76.2 Å². The Kier molecular flexibility index (Phi) is 32.8. The van der Waals surface area contributed by atoms with E-state index >= 15 is 0 Å². The molecule has 1 aromatic heterocycles. The monoisotopic (exact) mass is 1230 g/mol. The summed E-state index contributed by atoms with van der Waals surface area (Å²) in [5.74, 6) is -2.35. The molecule has 3 fully saturated rings. The number of aromatic nitrogens is 2. The summed E-state index contributed by atoms with van der Waals surface area (Å²) >= 11 is 0. The van der Waals surface area contributed by atoms with Crippen LogP contribution in [-0.2, 0) is 54.2 Å². The van der Waals surface area contributed by atoms with E-state index in [1.807, 2.05) is 0 Å². The second-order valence-electron chi connectivity index (χ2n) is 27.4. The second-order valence-corrected chi connectivity index (χ2v) is 27.4. The number of carbonyl (C=O) groups is 5. The van der Waals surface area contributed by atoms with Gasteiger partial charge in [-0.2, -0.15) is 0 Å². The van der Waals surface area contributed by atoms with Gasteiger partial charge >= 0.3 is 30.0 Å². The molecule has 3 aliphatic rings. The number of esters is 2. The van der Waals surface area contributed by atoms with Crippen LogP contribution in [0.3, 0.4) is 0 Å². The number of hydrogen-bond acceptors (Lipinski definition) is 22. The molecular formula is C60H97N9O18. The van der Waals surface area contributed by atoms with E-state index in [9.17, 15) is 47.9 Å². The van der Waals surface area contributed by atoms with Gasteiger partial charge in [0.1, 0.15) is 5.41 Å². The first-order valence-electron chi connectivity index (χ1n) is 29.2. The standard InChI is InChI=1S/C31H47N7O6.C12H18N2O2.C12H22O6.C5H10O4/c1-20-23(8-9-44-27(43)36-22-11-29(4,5)15-31(7,13-22)17-33-19-40)24(41)37-25(34-20)38-26(42)35-21-10-28(2,3)14-30(6,12-21)16-32-18-39;1-11(2)4-10(14-9-16)5-12(3,6-11)7-13-8-15;1-9(5-13)7-17-11(15)3-4-12(16)18-8-10(2)6-14;1-5(2-6,3-7)4(8)9/h21-22H,8-17H2,1-7H3,(H,36,43)(H3,34,35,37,38,41,42);10H,4-7H2,1-3H3;9-10,13-14H,3-8H2,1-2H3;6-7H,2-3H2,1H3,(H,8,9). The number of H-pyrrole nitrogens is 1. The van der Waals surface area contributed by atoms with Crippen molar-refractivity contribution in [2.24, 2.45) is 69.7 Å². The molecule has 0 aromatic carbocycles.